The van der Waals surface area contributed by atoms with E-state index in [1.165, 1.54) is 12.1 Å². The van der Waals surface area contributed by atoms with E-state index in [-0.39, 0.29) is 5.82 Å². The van der Waals surface area contributed by atoms with Gasteiger partial charge in [0, 0.05) is 31.7 Å². The van der Waals surface area contributed by atoms with Gasteiger partial charge in [0.05, 0.1) is 30.9 Å². The minimum Gasteiger partial charge on any atom is -0.495 e. The highest BCUT2D eigenvalue weighted by atomic mass is 19.1. The summed E-state index contributed by atoms with van der Waals surface area (Å²) in [5, 5.41) is 0. The second kappa shape index (κ2) is 7.61. The second-order valence-electron chi connectivity index (χ2n) is 6.42. The number of halogens is 1. The first-order valence-corrected chi connectivity index (χ1v) is 8.95. The minimum absolute atomic E-state index is 0.254. The number of hydrogen-bond donors (Lipinski definition) is 0. The van der Waals surface area contributed by atoms with Crippen molar-refractivity contribution in [3.63, 3.8) is 0 Å². The van der Waals surface area contributed by atoms with Gasteiger partial charge in [-0.05, 0) is 36.4 Å². The lowest BCUT2D eigenvalue weighted by Crippen LogP contribution is -2.47. The molecule has 2 heterocycles. The molecular weight excluding hydrogens is 343 g/mol. The molecule has 0 radical (unpaired) electrons. The van der Waals surface area contributed by atoms with Crippen LogP contribution < -0.4 is 14.5 Å². The van der Waals surface area contributed by atoms with E-state index in [1.54, 1.807) is 31.6 Å². The molecule has 1 aliphatic rings. The largest absolute Gasteiger partial charge is 0.495 e. The average molecular weight is 364 g/mol. The lowest BCUT2D eigenvalue weighted by atomic mass is 10.1. The summed E-state index contributed by atoms with van der Waals surface area (Å²) in [5.41, 5.74) is 2.73. The molecule has 5 nitrogen and oxygen atoms in total. The van der Waals surface area contributed by atoms with E-state index >= 15 is 0 Å². The van der Waals surface area contributed by atoms with Gasteiger partial charge in [0.2, 0.25) is 0 Å². The summed E-state index contributed by atoms with van der Waals surface area (Å²) in [6.07, 6.45) is 3.49. The van der Waals surface area contributed by atoms with Crippen molar-refractivity contribution >= 4 is 11.5 Å². The van der Waals surface area contributed by atoms with E-state index in [2.05, 4.69) is 20.9 Å². The van der Waals surface area contributed by atoms with Crippen LogP contribution >= 0.6 is 0 Å². The van der Waals surface area contributed by atoms with Gasteiger partial charge in [0.15, 0.2) is 0 Å². The van der Waals surface area contributed by atoms with Crippen molar-refractivity contribution < 1.29 is 9.13 Å². The monoisotopic (exact) mass is 364 g/mol. The van der Waals surface area contributed by atoms with Crippen LogP contribution in [0.3, 0.4) is 0 Å². The van der Waals surface area contributed by atoms with Gasteiger partial charge in [-0.3, -0.25) is 4.98 Å². The first kappa shape index (κ1) is 17.3. The Morgan fingerprint density at radius 2 is 1.59 bits per heavy atom. The van der Waals surface area contributed by atoms with Crippen LogP contribution in [-0.4, -0.2) is 43.3 Å². The predicted molar refractivity (Wildman–Crippen MR) is 105 cm³/mol. The highest BCUT2D eigenvalue weighted by Crippen LogP contribution is 2.29. The lowest BCUT2D eigenvalue weighted by molar-refractivity contribution is 0.413. The van der Waals surface area contributed by atoms with Crippen molar-refractivity contribution in [2.45, 2.75) is 0 Å². The molecule has 0 amide bonds. The molecule has 27 heavy (non-hydrogen) atoms. The molecule has 1 aliphatic heterocycles. The van der Waals surface area contributed by atoms with Crippen molar-refractivity contribution in [2.75, 3.05) is 43.1 Å². The summed E-state index contributed by atoms with van der Waals surface area (Å²) in [7, 11) is 1.70. The smallest absolute Gasteiger partial charge is 0.147 e. The molecular formula is C21H21FN4O. The van der Waals surface area contributed by atoms with Crippen LogP contribution in [0.1, 0.15) is 0 Å². The number of hydrogen-bond acceptors (Lipinski definition) is 5. The number of rotatable bonds is 4. The Labute approximate surface area is 158 Å². The summed E-state index contributed by atoms with van der Waals surface area (Å²) in [5.74, 6) is 1.48. The number of methoxy groups -OCH3 is 1. The SMILES string of the molecule is COc1ccccc1N1CCN(c2cncc(-c3ccc(F)cc3)n2)CC1. The van der Waals surface area contributed by atoms with Crippen LogP contribution in [0.5, 0.6) is 5.75 Å². The quantitative estimate of drug-likeness (QED) is 0.707. The third-order valence-corrected chi connectivity index (χ3v) is 4.79. The average Bonchev–Trinajstić information content (AvgIpc) is 2.74. The molecule has 0 N–H and O–H groups in total. The van der Waals surface area contributed by atoms with Gasteiger partial charge < -0.3 is 14.5 Å². The molecule has 2 aromatic carbocycles. The molecule has 1 saturated heterocycles. The van der Waals surface area contributed by atoms with Gasteiger partial charge in [-0.15, -0.1) is 0 Å². The molecule has 6 heteroatoms. The Kier molecular flexibility index (Phi) is 4.87. The number of nitrogens with zero attached hydrogens (tertiary/aromatic N) is 4. The fourth-order valence-electron chi connectivity index (χ4n) is 3.34. The van der Waals surface area contributed by atoms with E-state index in [1.807, 2.05) is 18.2 Å². The summed E-state index contributed by atoms with van der Waals surface area (Å²) in [6.45, 7) is 3.45. The van der Waals surface area contributed by atoms with Gasteiger partial charge in [-0.2, -0.15) is 0 Å². The number of benzene rings is 2. The van der Waals surface area contributed by atoms with Crippen molar-refractivity contribution in [1.82, 2.24) is 9.97 Å². The normalized spacial score (nSPS) is 14.3. The summed E-state index contributed by atoms with van der Waals surface area (Å²) in [4.78, 5) is 13.6. The summed E-state index contributed by atoms with van der Waals surface area (Å²) < 4.78 is 18.6. The van der Waals surface area contributed by atoms with Gasteiger partial charge >= 0.3 is 0 Å². The van der Waals surface area contributed by atoms with Crippen molar-refractivity contribution in [3.8, 4) is 17.0 Å². The van der Waals surface area contributed by atoms with E-state index in [9.17, 15) is 4.39 Å². The Balaban J connectivity index is 1.48. The molecule has 4 rings (SSSR count). The van der Waals surface area contributed by atoms with Crippen LogP contribution in [0, 0.1) is 5.82 Å². The Bertz CT molecular complexity index is 908. The maximum Gasteiger partial charge on any atom is 0.147 e. The third-order valence-electron chi connectivity index (χ3n) is 4.79. The van der Waals surface area contributed by atoms with Crippen molar-refractivity contribution in [3.05, 3.63) is 66.7 Å². The molecule has 0 spiro atoms. The Hall–Kier alpha value is -3.15. The fourth-order valence-corrected chi connectivity index (χ4v) is 3.34. The Morgan fingerprint density at radius 3 is 2.33 bits per heavy atom. The van der Waals surface area contributed by atoms with E-state index < -0.39 is 0 Å². The lowest BCUT2D eigenvalue weighted by Gasteiger charge is -2.37. The second-order valence-corrected chi connectivity index (χ2v) is 6.42. The van der Waals surface area contributed by atoms with E-state index in [4.69, 9.17) is 9.72 Å². The van der Waals surface area contributed by atoms with Crippen LogP contribution in [0.2, 0.25) is 0 Å². The molecule has 0 atom stereocenters. The zero-order valence-corrected chi connectivity index (χ0v) is 15.2. The number of ether oxygens (including phenoxy) is 1. The zero-order chi connectivity index (χ0) is 18.6. The van der Waals surface area contributed by atoms with E-state index in [0.29, 0.717) is 0 Å². The van der Waals surface area contributed by atoms with Crippen LogP contribution in [0.4, 0.5) is 15.9 Å². The molecule has 0 bridgehead atoms. The summed E-state index contributed by atoms with van der Waals surface area (Å²) in [6, 6.07) is 14.4. The highest BCUT2D eigenvalue weighted by molar-refractivity contribution is 5.61. The first-order valence-electron chi connectivity index (χ1n) is 8.95. The number of anilines is 2. The standard InChI is InChI=1S/C21H21FN4O/c1-27-20-5-3-2-4-19(20)25-10-12-26(13-11-25)21-15-23-14-18(24-21)16-6-8-17(22)9-7-16/h2-9,14-15H,10-13H2,1H3. The van der Waals surface area contributed by atoms with Gasteiger partial charge in [-0.25, -0.2) is 9.37 Å². The van der Waals surface area contributed by atoms with Crippen LogP contribution in [0.15, 0.2) is 60.9 Å². The summed E-state index contributed by atoms with van der Waals surface area (Å²) >= 11 is 0. The molecule has 1 fully saturated rings. The van der Waals surface area contributed by atoms with Crippen LogP contribution in [-0.2, 0) is 0 Å². The van der Waals surface area contributed by atoms with Gasteiger partial charge in [0.25, 0.3) is 0 Å². The number of piperazine rings is 1. The molecule has 0 unspecified atom stereocenters. The number of aromatic nitrogens is 2. The minimum atomic E-state index is -0.254. The maximum absolute atomic E-state index is 13.1. The predicted octanol–water partition coefficient (Wildman–Crippen LogP) is 3.62. The molecule has 1 aromatic heterocycles. The third kappa shape index (κ3) is 3.69. The van der Waals surface area contributed by atoms with Crippen molar-refractivity contribution in [1.29, 1.82) is 0 Å². The maximum atomic E-state index is 13.1. The first-order chi connectivity index (χ1) is 13.2. The van der Waals surface area contributed by atoms with Crippen LogP contribution in [0.25, 0.3) is 11.3 Å². The fraction of sp³-hybridized carbons (Fsp3) is 0.238. The van der Waals surface area contributed by atoms with Gasteiger partial charge in [-0.1, -0.05) is 12.1 Å². The highest BCUT2D eigenvalue weighted by Gasteiger charge is 2.21. The topological polar surface area (TPSA) is 41.5 Å². The Morgan fingerprint density at radius 1 is 0.889 bits per heavy atom. The molecule has 138 valence electrons. The molecule has 0 aliphatic carbocycles. The van der Waals surface area contributed by atoms with E-state index in [0.717, 1.165) is 54.7 Å². The van der Waals surface area contributed by atoms with Gasteiger partial charge in [0.1, 0.15) is 17.4 Å². The van der Waals surface area contributed by atoms with Crippen molar-refractivity contribution in [2.24, 2.45) is 0 Å². The number of para-hydroxylation sites is 2. The molecule has 3 aromatic rings. The zero-order valence-electron chi connectivity index (χ0n) is 15.2. The molecule has 0 saturated carbocycles.